The lowest BCUT2D eigenvalue weighted by molar-refractivity contribution is 0.303. The number of ether oxygens (including phenoxy) is 1. The summed E-state index contributed by atoms with van der Waals surface area (Å²) in [6, 6.07) is 8.21. The van der Waals surface area contributed by atoms with Crippen LogP contribution in [0.2, 0.25) is 0 Å². The number of rotatable bonds is 5. The van der Waals surface area contributed by atoms with Gasteiger partial charge in [-0.05, 0) is 32.9 Å². The maximum absolute atomic E-state index is 5.72. The highest BCUT2D eigenvalue weighted by atomic mass is 16.5. The zero-order valence-electron chi connectivity index (χ0n) is 11.6. The van der Waals surface area contributed by atoms with E-state index in [0.717, 1.165) is 17.3 Å². The molecule has 0 amide bonds. The van der Waals surface area contributed by atoms with Gasteiger partial charge >= 0.3 is 0 Å². The highest BCUT2D eigenvalue weighted by Crippen LogP contribution is 2.13. The monoisotopic (exact) mass is 257 g/mol. The van der Waals surface area contributed by atoms with Gasteiger partial charge in [-0.1, -0.05) is 17.7 Å². The molecule has 0 saturated carbocycles. The molecule has 2 aromatic rings. The Labute approximate surface area is 113 Å². The van der Waals surface area contributed by atoms with Gasteiger partial charge in [-0.25, -0.2) is 4.98 Å². The van der Waals surface area contributed by atoms with E-state index in [1.54, 1.807) is 12.4 Å². The van der Waals surface area contributed by atoms with E-state index in [1.165, 1.54) is 5.56 Å². The van der Waals surface area contributed by atoms with Crippen molar-refractivity contribution < 1.29 is 4.74 Å². The molecule has 0 spiro atoms. The van der Waals surface area contributed by atoms with Crippen LogP contribution < -0.4 is 10.1 Å². The van der Waals surface area contributed by atoms with Crippen LogP contribution >= 0.6 is 0 Å². The van der Waals surface area contributed by atoms with Crippen LogP contribution in [0.5, 0.6) is 5.75 Å². The smallest absolute Gasteiger partial charge is 0.147 e. The second kappa shape index (κ2) is 6.18. The third kappa shape index (κ3) is 3.95. The Morgan fingerprint density at radius 2 is 1.79 bits per heavy atom. The molecule has 1 unspecified atom stereocenters. The summed E-state index contributed by atoms with van der Waals surface area (Å²) in [5.74, 6) is 1.69. The Balaban J connectivity index is 1.86. The lowest BCUT2D eigenvalue weighted by Gasteiger charge is -2.16. The molecule has 0 fully saturated rings. The van der Waals surface area contributed by atoms with Crippen LogP contribution in [-0.2, 0) is 0 Å². The number of benzene rings is 1. The van der Waals surface area contributed by atoms with E-state index in [1.807, 2.05) is 31.2 Å². The summed E-state index contributed by atoms with van der Waals surface area (Å²) in [6.45, 7) is 6.63. The highest BCUT2D eigenvalue weighted by Gasteiger charge is 2.06. The predicted octanol–water partition coefficient (Wildman–Crippen LogP) is 2.97. The minimum Gasteiger partial charge on any atom is -0.491 e. The zero-order chi connectivity index (χ0) is 13.7. The van der Waals surface area contributed by atoms with E-state index in [0.29, 0.717) is 6.61 Å². The van der Waals surface area contributed by atoms with Gasteiger partial charge in [0.2, 0.25) is 0 Å². The molecule has 4 heteroatoms. The molecule has 0 saturated heterocycles. The van der Waals surface area contributed by atoms with E-state index in [2.05, 4.69) is 29.1 Å². The molecule has 1 aromatic heterocycles. The van der Waals surface area contributed by atoms with Crippen LogP contribution in [-0.4, -0.2) is 22.6 Å². The normalized spacial score (nSPS) is 11.9. The fourth-order valence-electron chi connectivity index (χ4n) is 1.68. The van der Waals surface area contributed by atoms with Crippen molar-refractivity contribution in [3.8, 4) is 5.75 Å². The van der Waals surface area contributed by atoms with Crippen molar-refractivity contribution in [3.63, 3.8) is 0 Å². The lowest BCUT2D eigenvalue weighted by Crippen LogP contribution is -2.24. The van der Waals surface area contributed by atoms with Crippen LogP contribution in [0.4, 0.5) is 5.82 Å². The number of nitrogens with zero attached hydrogens (tertiary/aromatic N) is 2. The minimum absolute atomic E-state index is 0.164. The van der Waals surface area contributed by atoms with E-state index >= 15 is 0 Å². The quantitative estimate of drug-likeness (QED) is 0.894. The van der Waals surface area contributed by atoms with Gasteiger partial charge in [0.15, 0.2) is 0 Å². The number of aryl methyl sites for hydroxylation is 2. The number of hydrogen-bond acceptors (Lipinski definition) is 4. The predicted molar refractivity (Wildman–Crippen MR) is 76.5 cm³/mol. The first-order chi connectivity index (χ1) is 9.15. The standard InChI is InChI=1S/C15H19N3O/c1-11-4-6-14(7-5-11)19-10-12(2)18-15-13(3)16-8-9-17-15/h4-9,12H,10H2,1-3H3,(H,17,18). The maximum atomic E-state index is 5.72. The molecule has 2 rings (SSSR count). The van der Waals surface area contributed by atoms with Crippen molar-refractivity contribution in [2.24, 2.45) is 0 Å². The van der Waals surface area contributed by atoms with E-state index < -0.39 is 0 Å². The van der Waals surface area contributed by atoms with Gasteiger partial charge in [0.1, 0.15) is 18.2 Å². The van der Waals surface area contributed by atoms with E-state index in [4.69, 9.17) is 4.74 Å². The molecule has 0 aliphatic rings. The fraction of sp³-hybridized carbons (Fsp3) is 0.333. The molecule has 1 heterocycles. The third-order valence-electron chi connectivity index (χ3n) is 2.79. The summed E-state index contributed by atoms with van der Waals surface area (Å²) in [4.78, 5) is 8.45. The first-order valence-corrected chi connectivity index (χ1v) is 6.39. The summed E-state index contributed by atoms with van der Waals surface area (Å²) >= 11 is 0. The molecule has 0 radical (unpaired) electrons. The van der Waals surface area contributed by atoms with Gasteiger partial charge in [-0.15, -0.1) is 0 Å². The molecule has 0 bridgehead atoms. The van der Waals surface area contributed by atoms with Crippen molar-refractivity contribution in [2.45, 2.75) is 26.8 Å². The van der Waals surface area contributed by atoms with Crippen molar-refractivity contribution >= 4 is 5.82 Å². The first-order valence-electron chi connectivity index (χ1n) is 6.39. The van der Waals surface area contributed by atoms with Crippen LogP contribution in [0, 0.1) is 13.8 Å². The number of aromatic nitrogens is 2. The van der Waals surface area contributed by atoms with Gasteiger partial charge in [-0.3, -0.25) is 4.98 Å². The Hall–Kier alpha value is -2.10. The van der Waals surface area contributed by atoms with Gasteiger partial charge in [-0.2, -0.15) is 0 Å². The van der Waals surface area contributed by atoms with Gasteiger partial charge in [0, 0.05) is 12.4 Å². The van der Waals surface area contributed by atoms with Gasteiger partial charge in [0.05, 0.1) is 11.7 Å². The third-order valence-corrected chi connectivity index (χ3v) is 2.79. The molecule has 0 aliphatic carbocycles. The molecule has 1 atom stereocenters. The van der Waals surface area contributed by atoms with E-state index in [9.17, 15) is 0 Å². The largest absolute Gasteiger partial charge is 0.491 e. The molecule has 0 aliphatic heterocycles. The minimum atomic E-state index is 0.164. The van der Waals surface area contributed by atoms with Crippen LogP contribution in [0.3, 0.4) is 0 Å². The second-order valence-electron chi connectivity index (χ2n) is 4.66. The average Bonchev–Trinajstić information content (AvgIpc) is 2.41. The zero-order valence-corrected chi connectivity index (χ0v) is 11.6. The summed E-state index contributed by atoms with van der Waals surface area (Å²) in [6.07, 6.45) is 3.37. The van der Waals surface area contributed by atoms with Crippen LogP contribution in [0.25, 0.3) is 0 Å². The van der Waals surface area contributed by atoms with E-state index in [-0.39, 0.29) is 6.04 Å². The van der Waals surface area contributed by atoms with Crippen LogP contribution in [0.1, 0.15) is 18.2 Å². The summed E-state index contributed by atoms with van der Waals surface area (Å²) in [7, 11) is 0. The summed E-state index contributed by atoms with van der Waals surface area (Å²) in [5.41, 5.74) is 2.12. The van der Waals surface area contributed by atoms with Gasteiger partial charge < -0.3 is 10.1 Å². The Morgan fingerprint density at radius 1 is 1.11 bits per heavy atom. The number of anilines is 1. The van der Waals surface area contributed by atoms with Gasteiger partial charge in [0.25, 0.3) is 0 Å². The SMILES string of the molecule is Cc1ccc(OCC(C)Nc2nccnc2C)cc1. The summed E-state index contributed by atoms with van der Waals surface area (Å²) < 4.78 is 5.72. The number of hydrogen-bond donors (Lipinski definition) is 1. The average molecular weight is 257 g/mol. The lowest BCUT2D eigenvalue weighted by atomic mass is 10.2. The molecule has 1 aromatic carbocycles. The fourth-order valence-corrected chi connectivity index (χ4v) is 1.68. The second-order valence-corrected chi connectivity index (χ2v) is 4.66. The highest BCUT2D eigenvalue weighted by molar-refractivity contribution is 5.39. The van der Waals surface area contributed by atoms with Crippen molar-refractivity contribution in [3.05, 3.63) is 47.9 Å². The molecule has 19 heavy (non-hydrogen) atoms. The Bertz CT molecular complexity index is 525. The molecular formula is C15H19N3O. The maximum Gasteiger partial charge on any atom is 0.147 e. The Kier molecular flexibility index (Phi) is 4.34. The van der Waals surface area contributed by atoms with Crippen molar-refractivity contribution in [1.82, 2.24) is 9.97 Å². The summed E-state index contributed by atoms with van der Waals surface area (Å²) in [5, 5.41) is 3.29. The van der Waals surface area contributed by atoms with Crippen molar-refractivity contribution in [2.75, 3.05) is 11.9 Å². The van der Waals surface area contributed by atoms with Crippen molar-refractivity contribution in [1.29, 1.82) is 0 Å². The number of nitrogens with one attached hydrogen (secondary N) is 1. The molecule has 100 valence electrons. The first kappa shape index (κ1) is 13.3. The molecular weight excluding hydrogens is 238 g/mol. The van der Waals surface area contributed by atoms with Crippen LogP contribution in [0.15, 0.2) is 36.7 Å². The topological polar surface area (TPSA) is 47.0 Å². The Morgan fingerprint density at radius 3 is 2.47 bits per heavy atom. The molecule has 1 N–H and O–H groups in total. The molecule has 4 nitrogen and oxygen atoms in total.